The molecule has 0 fully saturated rings. The maximum Gasteiger partial charge on any atom is 0.320 e. The lowest BCUT2D eigenvalue weighted by atomic mass is 10.0. The number of aryl methyl sites for hydroxylation is 1. The third-order valence-corrected chi connectivity index (χ3v) is 2.79. The average Bonchev–Trinajstić information content (AvgIpc) is 2.42. The van der Waals surface area contributed by atoms with Gasteiger partial charge in [-0.1, -0.05) is 0 Å². The number of ether oxygens (including phenoxy) is 3. The van der Waals surface area contributed by atoms with E-state index in [2.05, 4.69) is 0 Å². The van der Waals surface area contributed by atoms with Crippen molar-refractivity contribution in [2.75, 3.05) is 21.3 Å². The second-order valence-electron chi connectivity index (χ2n) is 4.02. The number of methoxy groups -OCH3 is 3. The number of aliphatic carboxylic acids is 1. The molecule has 0 spiro atoms. The van der Waals surface area contributed by atoms with Gasteiger partial charge in [0.05, 0.1) is 21.3 Å². The van der Waals surface area contributed by atoms with Crippen molar-refractivity contribution in [2.45, 2.75) is 18.9 Å². The number of carboxylic acids is 1. The van der Waals surface area contributed by atoms with Crippen molar-refractivity contribution < 1.29 is 24.1 Å². The van der Waals surface area contributed by atoms with Gasteiger partial charge in [-0.3, -0.25) is 4.79 Å². The van der Waals surface area contributed by atoms with Gasteiger partial charge in [-0.2, -0.15) is 0 Å². The number of nitrogens with two attached hydrogens (primary N) is 1. The van der Waals surface area contributed by atoms with Crippen molar-refractivity contribution in [2.24, 2.45) is 5.73 Å². The molecule has 0 radical (unpaired) electrons. The molecule has 6 heteroatoms. The molecular formula is C13H19NO5. The molecule has 106 valence electrons. The zero-order valence-electron chi connectivity index (χ0n) is 11.3. The van der Waals surface area contributed by atoms with Crippen LogP contribution in [0.1, 0.15) is 12.0 Å². The van der Waals surface area contributed by atoms with E-state index in [0.29, 0.717) is 30.1 Å². The van der Waals surface area contributed by atoms with Gasteiger partial charge in [-0.05, 0) is 30.5 Å². The molecule has 0 saturated carbocycles. The summed E-state index contributed by atoms with van der Waals surface area (Å²) in [5.41, 5.74) is 6.36. The number of rotatable bonds is 7. The highest BCUT2D eigenvalue weighted by Gasteiger charge is 2.15. The number of hydrogen-bond acceptors (Lipinski definition) is 5. The van der Waals surface area contributed by atoms with Gasteiger partial charge in [-0.15, -0.1) is 0 Å². The zero-order chi connectivity index (χ0) is 14.4. The molecule has 0 heterocycles. The van der Waals surface area contributed by atoms with E-state index in [9.17, 15) is 4.79 Å². The monoisotopic (exact) mass is 269 g/mol. The van der Waals surface area contributed by atoms with Crippen molar-refractivity contribution in [3.05, 3.63) is 17.7 Å². The molecule has 0 bridgehead atoms. The van der Waals surface area contributed by atoms with Crippen LogP contribution in [-0.4, -0.2) is 38.4 Å². The summed E-state index contributed by atoms with van der Waals surface area (Å²) in [6, 6.07) is 2.70. The third-order valence-electron chi connectivity index (χ3n) is 2.79. The first-order chi connectivity index (χ1) is 9.03. The Hall–Kier alpha value is -1.95. The second-order valence-corrected chi connectivity index (χ2v) is 4.02. The van der Waals surface area contributed by atoms with Crippen LogP contribution < -0.4 is 19.9 Å². The molecule has 0 aliphatic carbocycles. The molecule has 0 aliphatic heterocycles. The number of carboxylic acid groups (broad SMARTS) is 1. The van der Waals surface area contributed by atoms with Crippen molar-refractivity contribution in [3.63, 3.8) is 0 Å². The van der Waals surface area contributed by atoms with Crippen LogP contribution >= 0.6 is 0 Å². The summed E-state index contributed by atoms with van der Waals surface area (Å²) in [6.07, 6.45) is 0.859. The van der Waals surface area contributed by atoms with Gasteiger partial charge in [0, 0.05) is 0 Å². The minimum atomic E-state index is -1.01. The molecule has 0 aliphatic rings. The summed E-state index contributed by atoms with van der Waals surface area (Å²) in [4.78, 5) is 10.7. The highest BCUT2D eigenvalue weighted by atomic mass is 16.5. The molecule has 0 unspecified atom stereocenters. The van der Waals surface area contributed by atoms with Crippen molar-refractivity contribution >= 4 is 5.97 Å². The summed E-state index contributed by atoms with van der Waals surface area (Å²) in [5.74, 6) is 0.588. The van der Waals surface area contributed by atoms with Crippen LogP contribution in [0.15, 0.2) is 12.1 Å². The topological polar surface area (TPSA) is 91.0 Å². The van der Waals surface area contributed by atoms with Crippen LogP contribution in [0.5, 0.6) is 17.2 Å². The molecule has 1 atom stereocenters. The van der Waals surface area contributed by atoms with Crippen LogP contribution in [0.3, 0.4) is 0 Å². The normalized spacial score (nSPS) is 11.8. The Bertz CT molecular complexity index is 422. The van der Waals surface area contributed by atoms with Gasteiger partial charge in [0.25, 0.3) is 0 Å². The average molecular weight is 269 g/mol. The van der Waals surface area contributed by atoms with Gasteiger partial charge in [-0.25, -0.2) is 0 Å². The van der Waals surface area contributed by atoms with Crippen LogP contribution in [0, 0.1) is 0 Å². The second kappa shape index (κ2) is 6.84. The van der Waals surface area contributed by atoms with Gasteiger partial charge in [0.15, 0.2) is 11.5 Å². The summed E-state index contributed by atoms with van der Waals surface area (Å²) < 4.78 is 15.7. The predicted molar refractivity (Wildman–Crippen MR) is 70.0 cm³/mol. The van der Waals surface area contributed by atoms with Crippen LogP contribution in [-0.2, 0) is 11.2 Å². The van der Waals surface area contributed by atoms with Crippen LogP contribution in [0.4, 0.5) is 0 Å². The summed E-state index contributed by atoms with van der Waals surface area (Å²) in [7, 11) is 4.59. The highest BCUT2D eigenvalue weighted by molar-refractivity contribution is 5.73. The molecule has 1 aromatic rings. The molecule has 0 aromatic heterocycles. The molecule has 0 saturated heterocycles. The van der Waals surface area contributed by atoms with Crippen molar-refractivity contribution in [3.8, 4) is 17.2 Å². The molecule has 6 nitrogen and oxygen atoms in total. The standard InChI is InChI=1S/C13H19NO5/c1-17-10-6-8(4-5-9(14)13(15)16)7-11(18-2)12(10)19-3/h6-7,9H,4-5,14H2,1-3H3,(H,15,16)/t9-/m1/s1. The molecule has 0 amide bonds. The predicted octanol–water partition coefficient (Wildman–Crippen LogP) is 1.06. The molecular weight excluding hydrogens is 250 g/mol. The Morgan fingerprint density at radius 1 is 1.21 bits per heavy atom. The van der Waals surface area contributed by atoms with E-state index in [1.165, 1.54) is 21.3 Å². The van der Waals surface area contributed by atoms with Crippen LogP contribution in [0.2, 0.25) is 0 Å². The van der Waals surface area contributed by atoms with E-state index >= 15 is 0 Å². The Balaban J connectivity index is 2.93. The fraction of sp³-hybridized carbons (Fsp3) is 0.462. The number of carbonyl (C=O) groups is 1. The number of hydrogen-bond donors (Lipinski definition) is 2. The van der Waals surface area contributed by atoms with E-state index in [0.717, 1.165) is 5.56 Å². The van der Waals surface area contributed by atoms with Gasteiger partial charge < -0.3 is 25.1 Å². The zero-order valence-corrected chi connectivity index (χ0v) is 11.3. The summed E-state index contributed by atoms with van der Waals surface area (Å²) >= 11 is 0. The maximum atomic E-state index is 10.7. The van der Waals surface area contributed by atoms with E-state index < -0.39 is 12.0 Å². The Morgan fingerprint density at radius 3 is 2.11 bits per heavy atom. The van der Waals surface area contributed by atoms with E-state index in [-0.39, 0.29) is 0 Å². The fourth-order valence-electron chi connectivity index (χ4n) is 1.73. The van der Waals surface area contributed by atoms with Crippen molar-refractivity contribution in [1.29, 1.82) is 0 Å². The van der Waals surface area contributed by atoms with Crippen LogP contribution in [0.25, 0.3) is 0 Å². The summed E-state index contributed by atoms with van der Waals surface area (Å²) in [5, 5.41) is 8.75. The highest BCUT2D eigenvalue weighted by Crippen LogP contribution is 2.38. The van der Waals surface area contributed by atoms with Crippen molar-refractivity contribution in [1.82, 2.24) is 0 Å². The Kier molecular flexibility index (Phi) is 5.44. The largest absolute Gasteiger partial charge is 0.493 e. The smallest absolute Gasteiger partial charge is 0.320 e. The Labute approximate surface area is 112 Å². The first-order valence-corrected chi connectivity index (χ1v) is 5.80. The SMILES string of the molecule is COc1cc(CC[C@@H](N)C(=O)O)cc(OC)c1OC. The molecule has 19 heavy (non-hydrogen) atoms. The lowest BCUT2D eigenvalue weighted by Crippen LogP contribution is -2.30. The lowest BCUT2D eigenvalue weighted by Gasteiger charge is -2.14. The van der Waals surface area contributed by atoms with Gasteiger partial charge >= 0.3 is 5.97 Å². The lowest BCUT2D eigenvalue weighted by molar-refractivity contribution is -0.138. The molecule has 3 N–H and O–H groups in total. The molecule has 1 aromatic carbocycles. The van der Waals surface area contributed by atoms with E-state index in [1.54, 1.807) is 12.1 Å². The van der Waals surface area contributed by atoms with Gasteiger partial charge in [0.1, 0.15) is 6.04 Å². The fourth-order valence-corrected chi connectivity index (χ4v) is 1.73. The quantitative estimate of drug-likeness (QED) is 0.769. The minimum Gasteiger partial charge on any atom is -0.493 e. The Morgan fingerprint density at radius 2 is 1.74 bits per heavy atom. The van der Waals surface area contributed by atoms with E-state index in [4.69, 9.17) is 25.1 Å². The molecule has 1 rings (SSSR count). The van der Waals surface area contributed by atoms with Gasteiger partial charge in [0.2, 0.25) is 5.75 Å². The van der Waals surface area contributed by atoms with E-state index in [1.807, 2.05) is 0 Å². The third kappa shape index (κ3) is 3.75. The first kappa shape index (κ1) is 15.1. The number of benzene rings is 1. The first-order valence-electron chi connectivity index (χ1n) is 5.80. The minimum absolute atomic E-state index is 0.341. The maximum absolute atomic E-state index is 10.7. The summed E-state index contributed by atoms with van der Waals surface area (Å²) in [6.45, 7) is 0.